The molecule has 20 heavy (non-hydrogen) atoms. The van der Waals surface area contributed by atoms with E-state index in [0.717, 1.165) is 10.4 Å². The third-order valence-electron chi connectivity index (χ3n) is 2.84. The maximum atomic E-state index is 8.82. The molecule has 3 rings (SSSR count). The van der Waals surface area contributed by atoms with Crippen LogP contribution in [0.5, 0.6) is 0 Å². The molecule has 0 N–H and O–H groups in total. The molecule has 0 atom stereocenters. The SMILES string of the molecule is Cc1cccc(Cc2noc(-c3ccc(C#N)s3)n2)c1. The van der Waals surface area contributed by atoms with Gasteiger partial charge in [-0.05, 0) is 24.6 Å². The average molecular weight is 281 g/mol. The molecule has 0 aliphatic rings. The van der Waals surface area contributed by atoms with Crippen molar-refractivity contribution in [3.05, 3.63) is 58.2 Å². The summed E-state index contributed by atoms with van der Waals surface area (Å²) in [6.07, 6.45) is 0.641. The Hall–Kier alpha value is -2.45. The summed E-state index contributed by atoms with van der Waals surface area (Å²) < 4.78 is 5.25. The lowest BCUT2D eigenvalue weighted by atomic mass is 10.1. The zero-order chi connectivity index (χ0) is 13.9. The van der Waals surface area contributed by atoms with Gasteiger partial charge in [0.15, 0.2) is 5.82 Å². The van der Waals surface area contributed by atoms with Crippen molar-refractivity contribution in [1.29, 1.82) is 5.26 Å². The second-order valence-corrected chi connectivity index (χ2v) is 5.54. The molecule has 0 unspecified atom stereocenters. The molecular weight excluding hydrogens is 270 g/mol. The van der Waals surface area contributed by atoms with Crippen LogP contribution in [0.4, 0.5) is 0 Å². The van der Waals surface area contributed by atoms with Crippen LogP contribution in [0, 0.1) is 18.3 Å². The Morgan fingerprint density at radius 2 is 2.20 bits per heavy atom. The van der Waals surface area contributed by atoms with E-state index in [-0.39, 0.29) is 0 Å². The van der Waals surface area contributed by atoms with E-state index < -0.39 is 0 Å². The fraction of sp³-hybridized carbons (Fsp3) is 0.133. The third kappa shape index (κ3) is 2.60. The Morgan fingerprint density at radius 3 is 2.95 bits per heavy atom. The standard InChI is InChI=1S/C15H11N3OS/c1-10-3-2-4-11(7-10)8-14-17-15(19-18-14)13-6-5-12(9-16)20-13/h2-7H,8H2,1H3. The van der Waals surface area contributed by atoms with Gasteiger partial charge in [-0.15, -0.1) is 11.3 Å². The number of aromatic nitrogens is 2. The summed E-state index contributed by atoms with van der Waals surface area (Å²) in [5.41, 5.74) is 2.37. The second kappa shape index (κ2) is 5.27. The van der Waals surface area contributed by atoms with Crippen LogP contribution >= 0.6 is 11.3 Å². The predicted molar refractivity (Wildman–Crippen MR) is 76.3 cm³/mol. The minimum Gasteiger partial charge on any atom is -0.333 e. The molecule has 0 bridgehead atoms. The molecular formula is C15H11N3OS. The number of hydrogen-bond donors (Lipinski definition) is 0. The highest BCUT2D eigenvalue weighted by molar-refractivity contribution is 7.15. The Morgan fingerprint density at radius 1 is 1.30 bits per heavy atom. The van der Waals surface area contributed by atoms with Gasteiger partial charge in [-0.1, -0.05) is 35.0 Å². The first-order chi connectivity index (χ1) is 9.74. The molecule has 2 heterocycles. The molecule has 0 aliphatic carbocycles. The van der Waals surface area contributed by atoms with E-state index in [9.17, 15) is 0 Å². The largest absolute Gasteiger partial charge is 0.333 e. The molecule has 1 aromatic carbocycles. The summed E-state index contributed by atoms with van der Waals surface area (Å²) in [4.78, 5) is 5.84. The smallest absolute Gasteiger partial charge is 0.268 e. The lowest BCUT2D eigenvalue weighted by Gasteiger charge is -1.97. The van der Waals surface area contributed by atoms with E-state index in [1.807, 2.05) is 18.2 Å². The van der Waals surface area contributed by atoms with Crippen molar-refractivity contribution in [2.45, 2.75) is 13.3 Å². The zero-order valence-electron chi connectivity index (χ0n) is 10.8. The number of benzene rings is 1. The monoisotopic (exact) mass is 281 g/mol. The molecule has 3 aromatic rings. The number of hydrogen-bond acceptors (Lipinski definition) is 5. The van der Waals surface area contributed by atoms with E-state index >= 15 is 0 Å². The van der Waals surface area contributed by atoms with Gasteiger partial charge in [0.05, 0.1) is 4.88 Å². The number of nitrogens with zero attached hydrogens (tertiary/aromatic N) is 3. The first-order valence-electron chi connectivity index (χ1n) is 6.13. The van der Waals surface area contributed by atoms with E-state index in [2.05, 4.69) is 35.3 Å². The summed E-state index contributed by atoms with van der Waals surface area (Å²) >= 11 is 1.35. The molecule has 0 fully saturated rings. The van der Waals surface area contributed by atoms with Gasteiger partial charge >= 0.3 is 0 Å². The molecule has 0 amide bonds. The Bertz CT molecular complexity index is 782. The maximum Gasteiger partial charge on any atom is 0.268 e. The van der Waals surface area contributed by atoms with Crippen molar-refractivity contribution in [3.63, 3.8) is 0 Å². The Kier molecular flexibility index (Phi) is 3.32. The summed E-state index contributed by atoms with van der Waals surface area (Å²) in [6.45, 7) is 2.06. The molecule has 0 spiro atoms. The highest BCUT2D eigenvalue weighted by Crippen LogP contribution is 2.26. The predicted octanol–water partition coefficient (Wildman–Crippen LogP) is 3.57. The van der Waals surface area contributed by atoms with Crippen molar-refractivity contribution in [3.8, 4) is 16.8 Å². The molecule has 0 radical (unpaired) electrons. The first kappa shape index (κ1) is 12.6. The third-order valence-corrected chi connectivity index (χ3v) is 3.82. The quantitative estimate of drug-likeness (QED) is 0.736. The van der Waals surface area contributed by atoms with E-state index in [1.54, 1.807) is 6.07 Å². The van der Waals surface area contributed by atoms with Crippen LogP contribution in [-0.2, 0) is 6.42 Å². The minimum absolute atomic E-state index is 0.471. The fourth-order valence-electron chi connectivity index (χ4n) is 1.94. The normalized spacial score (nSPS) is 10.4. The number of nitriles is 1. The van der Waals surface area contributed by atoms with Crippen LogP contribution in [0.2, 0.25) is 0 Å². The van der Waals surface area contributed by atoms with E-state index in [1.165, 1.54) is 16.9 Å². The van der Waals surface area contributed by atoms with Crippen molar-refractivity contribution in [2.24, 2.45) is 0 Å². The Balaban J connectivity index is 1.82. The summed E-state index contributed by atoms with van der Waals surface area (Å²) in [6, 6.07) is 13.9. The van der Waals surface area contributed by atoms with Gasteiger partial charge in [-0.3, -0.25) is 0 Å². The molecule has 4 nitrogen and oxygen atoms in total. The van der Waals surface area contributed by atoms with Crippen molar-refractivity contribution >= 4 is 11.3 Å². The van der Waals surface area contributed by atoms with Crippen LogP contribution in [-0.4, -0.2) is 10.1 Å². The first-order valence-corrected chi connectivity index (χ1v) is 6.95. The van der Waals surface area contributed by atoms with Gasteiger partial charge in [0.25, 0.3) is 5.89 Å². The molecule has 0 saturated carbocycles. The number of aryl methyl sites for hydroxylation is 1. The highest BCUT2D eigenvalue weighted by atomic mass is 32.1. The van der Waals surface area contributed by atoms with Crippen LogP contribution in [0.1, 0.15) is 21.8 Å². The van der Waals surface area contributed by atoms with Crippen LogP contribution in [0.3, 0.4) is 0 Å². The summed E-state index contributed by atoms with van der Waals surface area (Å²) in [5, 5.41) is 12.8. The zero-order valence-corrected chi connectivity index (χ0v) is 11.6. The van der Waals surface area contributed by atoms with Crippen LogP contribution in [0.25, 0.3) is 10.8 Å². The Labute approximate surface area is 120 Å². The van der Waals surface area contributed by atoms with Crippen LogP contribution < -0.4 is 0 Å². The summed E-state index contributed by atoms with van der Waals surface area (Å²) in [5.74, 6) is 1.12. The van der Waals surface area contributed by atoms with Crippen molar-refractivity contribution < 1.29 is 4.52 Å². The van der Waals surface area contributed by atoms with Crippen LogP contribution in [0.15, 0.2) is 40.9 Å². The van der Waals surface area contributed by atoms with Gasteiger partial charge in [-0.25, -0.2) is 0 Å². The molecule has 2 aromatic heterocycles. The summed E-state index contributed by atoms with van der Waals surface area (Å²) in [7, 11) is 0. The molecule has 98 valence electrons. The van der Waals surface area contributed by atoms with Gasteiger partial charge in [0, 0.05) is 6.42 Å². The lowest BCUT2D eigenvalue weighted by molar-refractivity contribution is 0.424. The van der Waals surface area contributed by atoms with Gasteiger partial charge < -0.3 is 4.52 Å². The van der Waals surface area contributed by atoms with Gasteiger partial charge in [0.2, 0.25) is 0 Å². The molecule has 0 saturated heterocycles. The topological polar surface area (TPSA) is 62.7 Å². The second-order valence-electron chi connectivity index (χ2n) is 4.46. The van der Waals surface area contributed by atoms with E-state index in [4.69, 9.17) is 9.78 Å². The highest BCUT2D eigenvalue weighted by Gasteiger charge is 2.11. The van der Waals surface area contributed by atoms with Gasteiger partial charge in [0.1, 0.15) is 10.9 Å². The average Bonchev–Trinajstić information content (AvgIpc) is 3.07. The lowest BCUT2D eigenvalue weighted by Crippen LogP contribution is -1.91. The minimum atomic E-state index is 0.471. The maximum absolute atomic E-state index is 8.82. The van der Waals surface area contributed by atoms with Gasteiger partial charge in [-0.2, -0.15) is 10.2 Å². The molecule has 0 aliphatic heterocycles. The number of thiophene rings is 1. The molecule has 5 heteroatoms. The fourth-order valence-corrected chi connectivity index (χ4v) is 2.67. The number of rotatable bonds is 3. The van der Waals surface area contributed by atoms with Crippen molar-refractivity contribution in [2.75, 3.05) is 0 Å². The van der Waals surface area contributed by atoms with E-state index in [0.29, 0.717) is 23.0 Å². The van der Waals surface area contributed by atoms with Crippen molar-refractivity contribution in [1.82, 2.24) is 10.1 Å².